The van der Waals surface area contributed by atoms with E-state index in [1.54, 1.807) is 24.3 Å². The Morgan fingerprint density at radius 3 is 2.30 bits per heavy atom. The molecule has 0 aliphatic rings. The molecule has 0 fully saturated rings. The summed E-state index contributed by atoms with van der Waals surface area (Å²) in [5.74, 6) is -1.47. The molecule has 170 valence electrons. The van der Waals surface area contributed by atoms with Crippen LogP contribution in [0.4, 0.5) is 0 Å². The highest BCUT2D eigenvalue weighted by Crippen LogP contribution is 2.24. The van der Waals surface area contributed by atoms with Gasteiger partial charge in [-0.25, -0.2) is 0 Å². The molecule has 0 spiro atoms. The number of aliphatic imine (C=N–C) groups is 1. The fourth-order valence-electron chi connectivity index (χ4n) is 3.47. The summed E-state index contributed by atoms with van der Waals surface area (Å²) in [6.45, 7) is 0.581. The van der Waals surface area contributed by atoms with E-state index >= 15 is 0 Å². The van der Waals surface area contributed by atoms with Crippen LogP contribution in [0.5, 0.6) is 0 Å². The number of amides is 1. The van der Waals surface area contributed by atoms with Crippen molar-refractivity contribution in [2.24, 2.45) is 16.5 Å². The van der Waals surface area contributed by atoms with Crippen molar-refractivity contribution in [1.82, 2.24) is 5.32 Å². The molecule has 0 radical (unpaired) electrons. The monoisotopic (exact) mass is 444 g/mol. The number of rotatable bonds is 9. The number of aliphatic carboxylic acids is 1. The van der Waals surface area contributed by atoms with Crippen LogP contribution in [-0.4, -0.2) is 35.5 Å². The normalized spacial score (nSPS) is 12.2. The van der Waals surface area contributed by atoms with E-state index < -0.39 is 17.9 Å². The van der Waals surface area contributed by atoms with Gasteiger partial charge in [0.15, 0.2) is 5.96 Å². The number of carboxylic acid groups (broad SMARTS) is 1. The van der Waals surface area contributed by atoms with Crippen LogP contribution < -0.4 is 16.8 Å². The van der Waals surface area contributed by atoms with Crippen LogP contribution in [-0.2, 0) is 17.6 Å². The molecule has 3 aromatic rings. The molecule has 0 aliphatic carbocycles. The molecule has 1 atom stereocenters. The van der Waals surface area contributed by atoms with Crippen molar-refractivity contribution in [2.75, 3.05) is 6.54 Å². The highest BCUT2D eigenvalue weighted by Gasteiger charge is 2.13. The molecule has 7 heteroatoms. The number of aryl methyl sites for hydroxylation is 1. The Bertz CT molecular complexity index is 1110. The first-order valence-electron chi connectivity index (χ1n) is 10.8. The fourth-order valence-corrected chi connectivity index (χ4v) is 3.47. The van der Waals surface area contributed by atoms with E-state index in [9.17, 15) is 9.59 Å². The minimum atomic E-state index is -1.07. The number of benzene rings is 3. The van der Waals surface area contributed by atoms with Crippen molar-refractivity contribution in [3.63, 3.8) is 0 Å². The average molecular weight is 445 g/mol. The zero-order valence-electron chi connectivity index (χ0n) is 18.3. The highest BCUT2D eigenvalue weighted by molar-refractivity contribution is 6.02. The number of guanidine groups is 1. The molecule has 1 amide bonds. The Kier molecular flexibility index (Phi) is 8.32. The van der Waals surface area contributed by atoms with Gasteiger partial charge in [-0.15, -0.1) is 0 Å². The van der Waals surface area contributed by atoms with Gasteiger partial charge >= 0.3 is 5.97 Å². The predicted molar refractivity (Wildman–Crippen MR) is 130 cm³/mol. The second kappa shape index (κ2) is 11.6. The number of nitrogens with one attached hydrogen (secondary N) is 1. The van der Waals surface area contributed by atoms with Crippen molar-refractivity contribution in [1.29, 1.82) is 0 Å². The van der Waals surface area contributed by atoms with Crippen molar-refractivity contribution in [3.8, 4) is 11.1 Å². The lowest BCUT2D eigenvalue weighted by atomic mass is 9.97. The third-order valence-corrected chi connectivity index (χ3v) is 5.23. The number of nitrogens with zero attached hydrogens (tertiary/aromatic N) is 1. The summed E-state index contributed by atoms with van der Waals surface area (Å²) < 4.78 is 0. The third-order valence-electron chi connectivity index (χ3n) is 5.23. The van der Waals surface area contributed by atoms with Gasteiger partial charge in [-0.1, -0.05) is 66.7 Å². The quantitative estimate of drug-likeness (QED) is 0.228. The number of hydrogen-bond donors (Lipinski definition) is 4. The van der Waals surface area contributed by atoms with E-state index in [0.717, 1.165) is 18.4 Å². The molecule has 6 N–H and O–H groups in total. The van der Waals surface area contributed by atoms with Gasteiger partial charge in [0.05, 0.1) is 0 Å². The van der Waals surface area contributed by atoms with Gasteiger partial charge in [-0.3, -0.25) is 9.59 Å². The second-order valence-electron chi connectivity index (χ2n) is 7.70. The van der Waals surface area contributed by atoms with Crippen molar-refractivity contribution in [2.45, 2.75) is 25.3 Å². The van der Waals surface area contributed by atoms with Gasteiger partial charge in [0.2, 0.25) is 0 Å². The number of hydrogen-bond acceptors (Lipinski definition) is 3. The van der Waals surface area contributed by atoms with E-state index in [1.807, 2.05) is 30.3 Å². The number of carboxylic acids is 1. The topological polar surface area (TPSA) is 131 Å². The molecule has 0 saturated carbocycles. The predicted octanol–water partition coefficient (Wildman–Crippen LogP) is 2.99. The lowest BCUT2D eigenvalue weighted by Crippen LogP contribution is -2.33. The van der Waals surface area contributed by atoms with Gasteiger partial charge in [0.1, 0.15) is 6.04 Å². The Morgan fingerprint density at radius 2 is 1.61 bits per heavy atom. The van der Waals surface area contributed by atoms with Crippen LogP contribution in [0.2, 0.25) is 0 Å². The second-order valence-corrected chi connectivity index (χ2v) is 7.70. The Morgan fingerprint density at radius 1 is 0.939 bits per heavy atom. The summed E-state index contributed by atoms with van der Waals surface area (Å²) >= 11 is 0. The maximum Gasteiger partial charge on any atom is 0.320 e. The number of nitrogens with two attached hydrogens (primary N) is 2. The molecule has 0 bridgehead atoms. The van der Waals surface area contributed by atoms with Crippen LogP contribution in [0.3, 0.4) is 0 Å². The van der Waals surface area contributed by atoms with Crippen LogP contribution in [0, 0.1) is 0 Å². The van der Waals surface area contributed by atoms with E-state index in [2.05, 4.69) is 34.6 Å². The summed E-state index contributed by atoms with van der Waals surface area (Å²) in [6.07, 6.45) is 1.87. The largest absolute Gasteiger partial charge is 0.480 e. The molecule has 0 unspecified atom stereocenters. The zero-order valence-corrected chi connectivity index (χ0v) is 18.3. The first-order chi connectivity index (χ1) is 15.9. The average Bonchev–Trinajstić information content (AvgIpc) is 2.83. The molecule has 0 aromatic heterocycles. The molecule has 3 rings (SSSR count). The molecular formula is C26H28N4O3. The molecule has 0 saturated heterocycles. The molecule has 0 aliphatic heterocycles. The highest BCUT2D eigenvalue weighted by atomic mass is 16.4. The standard InChI is InChI=1S/C26H28N4O3/c27-23(25(32)33)17-18-12-14-21(15-13-18)24(31)30-26(28)29-16-6-10-20-9-4-5-11-22(20)19-7-2-1-3-8-19/h1-5,7-9,11-15,23H,6,10,16-17,27H2,(H,32,33)(H3,28,29,30,31)/t23-/m0/s1. The molecule has 7 nitrogen and oxygen atoms in total. The zero-order chi connectivity index (χ0) is 23.6. The fraction of sp³-hybridized carbons (Fsp3) is 0.192. The van der Waals surface area contributed by atoms with E-state index in [4.69, 9.17) is 16.6 Å². The minimum Gasteiger partial charge on any atom is -0.480 e. The van der Waals surface area contributed by atoms with Gasteiger partial charge in [-0.2, -0.15) is 4.99 Å². The van der Waals surface area contributed by atoms with Crippen molar-refractivity contribution < 1.29 is 14.7 Å². The van der Waals surface area contributed by atoms with Gasteiger partial charge in [-0.05, 0) is 53.6 Å². The van der Waals surface area contributed by atoms with Crippen LogP contribution in [0.25, 0.3) is 11.1 Å². The molecule has 33 heavy (non-hydrogen) atoms. The maximum atomic E-state index is 12.3. The Balaban J connectivity index is 1.50. The van der Waals surface area contributed by atoms with Crippen LogP contribution >= 0.6 is 0 Å². The smallest absolute Gasteiger partial charge is 0.320 e. The Hall–Kier alpha value is -3.97. The van der Waals surface area contributed by atoms with E-state index in [0.29, 0.717) is 12.1 Å². The molecular weight excluding hydrogens is 416 g/mol. The summed E-state index contributed by atoms with van der Waals surface area (Å²) in [6, 6.07) is 24.1. The van der Waals surface area contributed by atoms with Crippen molar-refractivity contribution >= 4 is 17.8 Å². The SMILES string of the molecule is NC(=NC(=O)c1ccc(C[C@H](N)C(=O)O)cc1)NCCCc1ccccc1-c1ccccc1. The summed E-state index contributed by atoms with van der Waals surface area (Å²) in [4.78, 5) is 27.1. The molecule has 0 heterocycles. The van der Waals surface area contributed by atoms with Crippen LogP contribution in [0.15, 0.2) is 83.9 Å². The summed E-state index contributed by atoms with van der Waals surface area (Å²) in [5, 5.41) is 11.9. The van der Waals surface area contributed by atoms with Crippen LogP contribution in [0.1, 0.15) is 27.9 Å². The van der Waals surface area contributed by atoms with Crippen molar-refractivity contribution in [3.05, 3.63) is 95.6 Å². The first-order valence-corrected chi connectivity index (χ1v) is 10.8. The first kappa shape index (κ1) is 23.7. The summed E-state index contributed by atoms with van der Waals surface area (Å²) in [5.41, 5.74) is 16.1. The number of carbonyl (C=O) groups is 2. The Labute approximate surface area is 193 Å². The molecule has 3 aromatic carbocycles. The van der Waals surface area contributed by atoms with Gasteiger partial charge < -0.3 is 21.9 Å². The van der Waals surface area contributed by atoms with E-state index in [-0.39, 0.29) is 12.4 Å². The third kappa shape index (κ3) is 7.02. The lowest BCUT2D eigenvalue weighted by Gasteiger charge is -2.10. The van der Waals surface area contributed by atoms with E-state index in [1.165, 1.54) is 16.7 Å². The summed E-state index contributed by atoms with van der Waals surface area (Å²) in [7, 11) is 0. The van der Waals surface area contributed by atoms with Gasteiger partial charge in [0.25, 0.3) is 5.91 Å². The maximum absolute atomic E-state index is 12.3. The minimum absolute atomic E-state index is 0.0633. The van der Waals surface area contributed by atoms with Gasteiger partial charge in [0, 0.05) is 12.1 Å². The lowest BCUT2D eigenvalue weighted by molar-refractivity contribution is -0.138. The number of carbonyl (C=O) groups excluding carboxylic acids is 1.